The van der Waals surface area contributed by atoms with Gasteiger partial charge in [0.1, 0.15) is 0 Å². The van der Waals surface area contributed by atoms with Gasteiger partial charge in [0.05, 0.1) is 4.90 Å². The summed E-state index contributed by atoms with van der Waals surface area (Å²) in [5.41, 5.74) is 0.934. The highest BCUT2D eigenvalue weighted by Gasteiger charge is 2.15. The van der Waals surface area contributed by atoms with E-state index in [1.165, 1.54) is 25.0 Å². The number of sulfonamides is 1. The maximum absolute atomic E-state index is 12.3. The van der Waals surface area contributed by atoms with Gasteiger partial charge in [-0.3, -0.25) is 9.52 Å². The molecule has 7 heteroatoms. The second-order valence-corrected chi connectivity index (χ2v) is 9.31. The highest BCUT2D eigenvalue weighted by Crippen LogP contribution is 2.17. The third-order valence-electron chi connectivity index (χ3n) is 5.27. The number of hydrogen-bond donors (Lipinski definition) is 2. The van der Waals surface area contributed by atoms with Crippen LogP contribution in [0.25, 0.3) is 0 Å². The highest BCUT2D eigenvalue weighted by molar-refractivity contribution is 7.92. The molecule has 6 nitrogen and oxygen atoms in total. The van der Waals surface area contributed by atoms with E-state index in [2.05, 4.69) is 21.9 Å². The molecule has 0 aromatic heterocycles. The first-order valence-corrected chi connectivity index (χ1v) is 11.6. The van der Waals surface area contributed by atoms with Crippen LogP contribution in [0.4, 0.5) is 5.69 Å². The van der Waals surface area contributed by atoms with Crippen molar-refractivity contribution in [2.24, 2.45) is 5.92 Å². The number of hydrogen-bond acceptors (Lipinski definition) is 4. The molecule has 1 aliphatic heterocycles. The van der Waals surface area contributed by atoms with Gasteiger partial charge in [-0.1, -0.05) is 25.1 Å². The molecule has 0 saturated carbocycles. The van der Waals surface area contributed by atoms with Crippen molar-refractivity contribution in [2.75, 3.05) is 30.9 Å². The molecule has 3 rings (SSSR count). The number of piperidine rings is 1. The number of anilines is 1. The molecular formula is C22H29N3O3S. The Hall–Kier alpha value is -2.38. The quantitative estimate of drug-likeness (QED) is 0.648. The number of carbonyl (C=O) groups excluding carboxylic acids is 1. The van der Waals surface area contributed by atoms with E-state index in [0.29, 0.717) is 17.8 Å². The van der Waals surface area contributed by atoms with Gasteiger partial charge in [0.15, 0.2) is 0 Å². The molecule has 0 atom stereocenters. The molecule has 1 fully saturated rings. The average Bonchev–Trinajstić information content (AvgIpc) is 2.73. The van der Waals surface area contributed by atoms with Crippen LogP contribution in [0.2, 0.25) is 0 Å². The Bertz CT molecular complexity index is 891. The van der Waals surface area contributed by atoms with Crippen molar-refractivity contribution in [1.82, 2.24) is 10.2 Å². The number of benzene rings is 2. The Labute approximate surface area is 173 Å². The molecule has 1 heterocycles. The van der Waals surface area contributed by atoms with Crippen LogP contribution in [-0.2, 0) is 10.0 Å². The Balaban J connectivity index is 1.45. The molecular weight excluding hydrogens is 386 g/mol. The SMILES string of the molecule is CC1CCN(CCCNC(=O)c2ccc(NS(=O)(=O)c3ccccc3)cc2)CC1. The Morgan fingerprint density at radius 1 is 1.03 bits per heavy atom. The van der Waals surface area contributed by atoms with E-state index in [-0.39, 0.29) is 10.8 Å². The number of nitrogens with one attached hydrogen (secondary N) is 2. The molecule has 0 bridgehead atoms. The second kappa shape index (κ2) is 9.89. The lowest BCUT2D eigenvalue weighted by Crippen LogP contribution is -2.35. The first-order chi connectivity index (χ1) is 13.9. The van der Waals surface area contributed by atoms with Crippen LogP contribution >= 0.6 is 0 Å². The third kappa shape index (κ3) is 6.30. The van der Waals surface area contributed by atoms with E-state index in [4.69, 9.17) is 0 Å². The van der Waals surface area contributed by atoms with Gasteiger partial charge in [0.2, 0.25) is 0 Å². The largest absolute Gasteiger partial charge is 0.352 e. The van der Waals surface area contributed by atoms with E-state index in [1.54, 1.807) is 42.5 Å². The minimum absolute atomic E-state index is 0.144. The minimum Gasteiger partial charge on any atom is -0.352 e. The third-order valence-corrected chi connectivity index (χ3v) is 6.66. The van der Waals surface area contributed by atoms with E-state index in [0.717, 1.165) is 32.0 Å². The van der Waals surface area contributed by atoms with E-state index >= 15 is 0 Å². The maximum Gasteiger partial charge on any atom is 0.261 e. The smallest absolute Gasteiger partial charge is 0.261 e. The molecule has 1 aliphatic rings. The van der Waals surface area contributed by atoms with Gasteiger partial charge in [-0.2, -0.15) is 0 Å². The van der Waals surface area contributed by atoms with Gasteiger partial charge in [-0.15, -0.1) is 0 Å². The van der Waals surface area contributed by atoms with Gasteiger partial charge in [0.25, 0.3) is 15.9 Å². The Morgan fingerprint density at radius 3 is 2.34 bits per heavy atom. The molecule has 2 N–H and O–H groups in total. The second-order valence-electron chi connectivity index (χ2n) is 7.63. The van der Waals surface area contributed by atoms with Gasteiger partial charge in [0, 0.05) is 17.8 Å². The molecule has 1 amide bonds. The summed E-state index contributed by atoms with van der Waals surface area (Å²) in [6.07, 6.45) is 3.44. The summed E-state index contributed by atoms with van der Waals surface area (Å²) in [5.74, 6) is 0.681. The van der Waals surface area contributed by atoms with Crippen LogP contribution in [0, 0.1) is 5.92 Å². The standard InChI is InChI=1S/C22H29N3O3S/c1-18-12-16-25(17-13-18)15-5-14-23-22(26)19-8-10-20(11-9-19)24-29(27,28)21-6-3-2-4-7-21/h2-4,6-11,18,24H,5,12-17H2,1H3,(H,23,26). The van der Waals surface area contributed by atoms with Gasteiger partial charge >= 0.3 is 0 Å². The Morgan fingerprint density at radius 2 is 1.69 bits per heavy atom. The highest BCUT2D eigenvalue weighted by atomic mass is 32.2. The van der Waals surface area contributed by atoms with Gasteiger partial charge in [-0.25, -0.2) is 8.42 Å². The molecule has 1 saturated heterocycles. The number of rotatable bonds is 8. The molecule has 156 valence electrons. The van der Waals surface area contributed by atoms with Crippen LogP contribution in [0.5, 0.6) is 0 Å². The van der Waals surface area contributed by atoms with Gasteiger partial charge in [-0.05, 0) is 81.2 Å². The number of likely N-dealkylation sites (tertiary alicyclic amines) is 1. The Kier molecular flexibility index (Phi) is 7.28. The molecule has 0 aliphatic carbocycles. The average molecular weight is 416 g/mol. The van der Waals surface area contributed by atoms with E-state index < -0.39 is 10.0 Å². The fourth-order valence-electron chi connectivity index (χ4n) is 3.40. The first-order valence-electron chi connectivity index (χ1n) is 10.1. The van der Waals surface area contributed by atoms with Gasteiger partial charge < -0.3 is 10.2 Å². The van der Waals surface area contributed by atoms with E-state index in [1.807, 2.05) is 0 Å². The maximum atomic E-state index is 12.3. The normalized spacial score (nSPS) is 15.8. The first kappa shape index (κ1) is 21.3. The molecule has 0 radical (unpaired) electrons. The molecule has 2 aromatic carbocycles. The van der Waals surface area contributed by atoms with Crippen LogP contribution in [0.1, 0.15) is 36.5 Å². The predicted octanol–water partition coefficient (Wildman–Crippen LogP) is 3.34. The predicted molar refractivity (Wildman–Crippen MR) is 115 cm³/mol. The van der Waals surface area contributed by atoms with Crippen LogP contribution in [-0.4, -0.2) is 45.4 Å². The summed E-state index contributed by atoms with van der Waals surface area (Å²) >= 11 is 0. The van der Waals surface area contributed by atoms with Crippen molar-refractivity contribution in [3.8, 4) is 0 Å². The summed E-state index contributed by atoms with van der Waals surface area (Å²) in [6, 6.07) is 14.6. The molecule has 2 aromatic rings. The topological polar surface area (TPSA) is 78.5 Å². The zero-order valence-electron chi connectivity index (χ0n) is 16.8. The summed E-state index contributed by atoms with van der Waals surface area (Å²) in [5, 5.41) is 2.94. The van der Waals surface area contributed by atoms with Crippen molar-refractivity contribution in [2.45, 2.75) is 31.1 Å². The number of amides is 1. The number of carbonyl (C=O) groups is 1. The molecule has 0 unspecified atom stereocenters. The molecule has 0 spiro atoms. The fraction of sp³-hybridized carbons (Fsp3) is 0.409. The zero-order valence-corrected chi connectivity index (χ0v) is 17.6. The summed E-state index contributed by atoms with van der Waals surface area (Å²) < 4.78 is 27.2. The van der Waals surface area contributed by atoms with Crippen LogP contribution in [0.15, 0.2) is 59.5 Å². The zero-order chi connectivity index (χ0) is 20.7. The van der Waals surface area contributed by atoms with E-state index in [9.17, 15) is 13.2 Å². The molecule has 29 heavy (non-hydrogen) atoms. The number of nitrogens with zero attached hydrogens (tertiary/aromatic N) is 1. The monoisotopic (exact) mass is 415 g/mol. The van der Waals surface area contributed by atoms with Crippen LogP contribution < -0.4 is 10.0 Å². The van der Waals surface area contributed by atoms with Crippen molar-refractivity contribution in [3.05, 3.63) is 60.2 Å². The summed E-state index contributed by atoms with van der Waals surface area (Å²) in [6.45, 7) is 6.24. The minimum atomic E-state index is -3.63. The lowest BCUT2D eigenvalue weighted by atomic mass is 9.99. The summed E-state index contributed by atoms with van der Waals surface area (Å²) in [4.78, 5) is 15.0. The van der Waals surface area contributed by atoms with Crippen molar-refractivity contribution >= 4 is 21.6 Å². The van der Waals surface area contributed by atoms with Crippen molar-refractivity contribution < 1.29 is 13.2 Å². The fourth-order valence-corrected chi connectivity index (χ4v) is 4.48. The lowest BCUT2D eigenvalue weighted by molar-refractivity contribution is 0.0950. The van der Waals surface area contributed by atoms with Crippen LogP contribution in [0.3, 0.4) is 0 Å². The summed E-state index contributed by atoms with van der Waals surface area (Å²) in [7, 11) is -3.63. The van der Waals surface area contributed by atoms with Crippen molar-refractivity contribution in [3.63, 3.8) is 0 Å². The lowest BCUT2D eigenvalue weighted by Gasteiger charge is -2.30. The van der Waals surface area contributed by atoms with Crippen molar-refractivity contribution in [1.29, 1.82) is 0 Å².